The minimum Gasteiger partial charge on any atom is -0.228 e. The van der Waals surface area contributed by atoms with Crippen LogP contribution in [0.1, 0.15) is 52.5 Å². The Morgan fingerprint density at radius 1 is 0.696 bits per heavy atom. The summed E-state index contributed by atoms with van der Waals surface area (Å²) in [4.78, 5) is 0. The molecule has 0 saturated heterocycles. The van der Waals surface area contributed by atoms with Crippen LogP contribution in [-0.2, 0) is 0 Å². The highest BCUT2D eigenvalue weighted by atomic mass is 19.1. The van der Waals surface area contributed by atoms with Crippen molar-refractivity contribution in [1.82, 2.24) is 0 Å². The number of halogens is 4. The molecule has 0 radical (unpaired) electrons. The molecule has 0 bridgehead atoms. The van der Waals surface area contributed by atoms with Crippen LogP contribution in [-0.4, -0.2) is 0 Å². The zero-order valence-corrected chi connectivity index (χ0v) is 12.2. The van der Waals surface area contributed by atoms with E-state index in [1.54, 1.807) is 23.7 Å². The van der Waals surface area contributed by atoms with Crippen LogP contribution in [0.25, 0.3) is 0 Å². The summed E-state index contributed by atoms with van der Waals surface area (Å²) < 4.78 is 56.1. The van der Waals surface area contributed by atoms with Crippen LogP contribution in [0, 0.1) is 56.3 Å². The molecule has 4 unspecified atom stereocenters. The highest BCUT2D eigenvalue weighted by Crippen LogP contribution is 2.40. The monoisotopic (exact) mass is 316 g/mol. The van der Waals surface area contributed by atoms with E-state index < -0.39 is 24.7 Å². The van der Waals surface area contributed by atoms with E-state index in [2.05, 4.69) is 0 Å². The van der Waals surface area contributed by atoms with Crippen molar-refractivity contribution in [3.63, 3.8) is 0 Å². The van der Waals surface area contributed by atoms with Crippen molar-refractivity contribution in [2.24, 2.45) is 0 Å². The predicted octanol–water partition coefficient (Wildman–Crippen LogP) is 4.57. The Balaban J connectivity index is 3.93. The fraction of sp³-hybridized carbons (Fsp3) is 0.263. The van der Waals surface area contributed by atoms with Gasteiger partial charge in [-0.1, -0.05) is 23.7 Å². The Kier molecular flexibility index (Phi) is 5.90. The maximum atomic E-state index is 14.1. The zero-order chi connectivity index (χ0) is 17.7. The second kappa shape index (κ2) is 7.45. The highest BCUT2D eigenvalue weighted by Gasteiger charge is 2.29. The quantitative estimate of drug-likeness (QED) is 0.564. The van der Waals surface area contributed by atoms with Gasteiger partial charge in [-0.05, 0) is 18.6 Å². The Labute approximate surface area is 133 Å². The Morgan fingerprint density at radius 3 is 1.26 bits per heavy atom. The van der Waals surface area contributed by atoms with Crippen molar-refractivity contribution in [3.8, 4) is 49.4 Å². The van der Waals surface area contributed by atoms with E-state index in [4.69, 9.17) is 25.7 Å². The number of benzene rings is 1. The molecular weight excluding hydrogens is 304 g/mol. The van der Waals surface area contributed by atoms with Crippen LogP contribution in [0.5, 0.6) is 0 Å². The van der Waals surface area contributed by atoms with Gasteiger partial charge < -0.3 is 0 Å². The molecule has 0 aliphatic carbocycles. The normalized spacial score (nSPS) is 15.2. The van der Waals surface area contributed by atoms with Gasteiger partial charge in [0.15, 0.2) is 24.7 Å². The molecular formula is C19H12F4. The standard InChI is InChI=1S/C19H12F4/c1-6-14(20)12-10-13(15(21)7-2)19(17(23)9-4)11(5)18(12)16(22)8-3/h1-4,10,14-17H,5H3. The molecule has 0 aliphatic rings. The van der Waals surface area contributed by atoms with Gasteiger partial charge in [-0.25, -0.2) is 17.6 Å². The minimum absolute atomic E-state index is 0.107. The lowest BCUT2D eigenvalue weighted by Crippen LogP contribution is -2.11. The van der Waals surface area contributed by atoms with Crippen LogP contribution in [0.15, 0.2) is 6.07 Å². The third-order valence-electron chi connectivity index (χ3n) is 3.38. The van der Waals surface area contributed by atoms with Crippen molar-refractivity contribution in [2.45, 2.75) is 31.6 Å². The van der Waals surface area contributed by atoms with E-state index in [0.29, 0.717) is 0 Å². The first kappa shape index (κ1) is 18.2. The third kappa shape index (κ3) is 3.34. The number of hydrogen-bond donors (Lipinski definition) is 0. The predicted molar refractivity (Wildman–Crippen MR) is 81.9 cm³/mol. The SMILES string of the molecule is C#CC(F)c1cc(C(F)C#C)c(C(F)C#C)c(C)c1C(F)C#C. The smallest absolute Gasteiger partial charge is 0.186 e. The van der Waals surface area contributed by atoms with Gasteiger partial charge in [0, 0.05) is 22.3 Å². The number of rotatable bonds is 4. The summed E-state index contributed by atoms with van der Waals surface area (Å²) in [5, 5.41) is 0. The molecule has 1 aromatic rings. The van der Waals surface area contributed by atoms with Gasteiger partial charge >= 0.3 is 0 Å². The second-order valence-electron chi connectivity index (χ2n) is 4.62. The van der Waals surface area contributed by atoms with Gasteiger partial charge in [-0.2, -0.15) is 0 Å². The molecule has 4 heteroatoms. The summed E-state index contributed by atoms with van der Waals surface area (Å²) in [7, 11) is 0. The van der Waals surface area contributed by atoms with Crippen LogP contribution >= 0.6 is 0 Å². The summed E-state index contributed by atoms with van der Waals surface area (Å²) in [5.41, 5.74) is -1.51. The van der Waals surface area contributed by atoms with E-state index in [0.717, 1.165) is 6.07 Å². The van der Waals surface area contributed by atoms with Crippen LogP contribution in [0.4, 0.5) is 17.6 Å². The van der Waals surface area contributed by atoms with Gasteiger partial charge in [-0.15, -0.1) is 25.7 Å². The fourth-order valence-electron chi connectivity index (χ4n) is 2.34. The van der Waals surface area contributed by atoms with Crippen LogP contribution in [0.2, 0.25) is 0 Å². The fourth-order valence-corrected chi connectivity index (χ4v) is 2.34. The Morgan fingerprint density at radius 2 is 1.00 bits per heavy atom. The first-order chi connectivity index (χ1) is 10.8. The number of alkyl halides is 4. The molecule has 23 heavy (non-hydrogen) atoms. The van der Waals surface area contributed by atoms with Crippen LogP contribution < -0.4 is 0 Å². The Hall–Kier alpha value is -2.82. The zero-order valence-electron chi connectivity index (χ0n) is 12.2. The largest absolute Gasteiger partial charge is 0.228 e. The molecule has 0 spiro atoms. The van der Waals surface area contributed by atoms with Gasteiger partial charge in [-0.3, -0.25) is 0 Å². The van der Waals surface area contributed by atoms with Crippen molar-refractivity contribution in [3.05, 3.63) is 33.9 Å². The van der Waals surface area contributed by atoms with Crippen molar-refractivity contribution in [1.29, 1.82) is 0 Å². The highest BCUT2D eigenvalue weighted by molar-refractivity contribution is 5.54. The first-order valence-corrected chi connectivity index (χ1v) is 6.41. The molecule has 1 rings (SSSR count). The molecule has 0 saturated carbocycles. The average Bonchev–Trinajstić information content (AvgIpc) is 2.57. The lowest BCUT2D eigenvalue weighted by atomic mass is 9.85. The molecule has 0 aliphatic heterocycles. The van der Waals surface area contributed by atoms with Gasteiger partial charge in [0.05, 0.1) is 0 Å². The van der Waals surface area contributed by atoms with Crippen molar-refractivity contribution in [2.75, 3.05) is 0 Å². The third-order valence-corrected chi connectivity index (χ3v) is 3.38. The molecule has 116 valence electrons. The summed E-state index contributed by atoms with van der Waals surface area (Å²) >= 11 is 0. The Bertz CT molecular complexity index is 703. The topological polar surface area (TPSA) is 0 Å². The molecule has 0 heterocycles. The molecule has 0 fully saturated rings. The first-order valence-electron chi connectivity index (χ1n) is 6.41. The maximum Gasteiger partial charge on any atom is 0.186 e. The molecule has 1 aromatic carbocycles. The average molecular weight is 316 g/mol. The second-order valence-corrected chi connectivity index (χ2v) is 4.62. The maximum absolute atomic E-state index is 14.1. The van der Waals surface area contributed by atoms with E-state index >= 15 is 0 Å². The van der Waals surface area contributed by atoms with E-state index in [9.17, 15) is 17.6 Å². The number of hydrogen-bond acceptors (Lipinski definition) is 0. The van der Waals surface area contributed by atoms with Crippen molar-refractivity contribution < 1.29 is 17.6 Å². The lowest BCUT2D eigenvalue weighted by Gasteiger charge is -2.22. The van der Waals surface area contributed by atoms with Crippen LogP contribution in [0.3, 0.4) is 0 Å². The summed E-state index contributed by atoms with van der Waals surface area (Å²) in [5.74, 6) is 7.09. The van der Waals surface area contributed by atoms with E-state index in [1.165, 1.54) is 6.92 Å². The molecule has 0 N–H and O–H groups in total. The summed E-state index contributed by atoms with van der Waals surface area (Å²) in [6.45, 7) is 1.26. The minimum atomic E-state index is -2.06. The van der Waals surface area contributed by atoms with E-state index in [1.807, 2.05) is 0 Å². The van der Waals surface area contributed by atoms with E-state index in [-0.39, 0.29) is 27.8 Å². The molecule has 4 atom stereocenters. The molecule has 0 amide bonds. The van der Waals surface area contributed by atoms with Gasteiger partial charge in [0.2, 0.25) is 0 Å². The molecule has 0 nitrogen and oxygen atoms in total. The number of terminal acetylenes is 4. The summed E-state index contributed by atoms with van der Waals surface area (Å²) in [6.07, 6.45) is 11.8. The van der Waals surface area contributed by atoms with Gasteiger partial charge in [0.25, 0.3) is 0 Å². The molecule has 0 aromatic heterocycles. The lowest BCUT2D eigenvalue weighted by molar-refractivity contribution is 0.378. The van der Waals surface area contributed by atoms with Crippen molar-refractivity contribution >= 4 is 0 Å². The van der Waals surface area contributed by atoms with Gasteiger partial charge in [0.1, 0.15) is 0 Å². The summed E-state index contributed by atoms with van der Waals surface area (Å²) in [6, 6.07) is 0.889.